The molecule has 2 aromatic heterocycles. The quantitative estimate of drug-likeness (QED) is 0.739. The minimum absolute atomic E-state index is 0.300. The van der Waals surface area contributed by atoms with Crippen LogP contribution in [-0.2, 0) is 0 Å². The van der Waals surface area contributed by atoms with Crippen LogP contribution in [0.1, 0.15) is 10.5 Å². The molecule has 1 amide bonds. The van der Waals surface area contributed by atoms with Gasteiger partial charge in [-0.3, -0.25) is 9.78 Å². The first-order valence-electron chi connectivity index (χ1n) is 5.28. The van der Waals surface area contributed by atoms with Crippen molar-refractivity contribution in [2.45, 2.75) is 0 Å². The van der Waals surface area contributed by atoms with Crippen LogP contribution in [0.3, 0.4) is 0 Å². The van der Waals surface area contributed by atoms with Gasteiger partial charge in [0, 0.05) is 6.20 Å². The summed E-state index contributed by atoms with van der Waals surface area (Å²) in [5, 5.41) is 10.2. The highest BCUT2D eigenvalue weighted by Crippen LogP contribution is 2.19. The highest BCUT2D eigenvalue weighted by molar-refractivity contribution is 6.06. The lowest BCUT2D eigenvalue weighted by atomic mass is 10.2. The molecule has 18 heavy (non-hydrogen) atoms. The number of rotatable bonds is 2. The normalized spacial score (nSPS) is 10.4. The van der Waals surface area contributed by atoms with Crippen molar-refractivity contribution in [3.63, 3.8) is 0 Å². The molecule has 0 aliphatic heterocycles. The van der Waals surface area contributed by atoms with Gasteiger partial charge in [0.25, 0.3) is 5.91 Å². The molecular weight excluding hydrogens is 232 g/mol. The van der Waals surface area contributed by atoms with Crippen molar-refractivity contribution in [2.75, 3.05) is 5.32 Å². The number of anilines is 1. The van der Waals surface area contributed by atoms with E-state index in [1.54, 1.807) is 42.6 Å². The molecular formula is C12H8N4O2. The monoisotopic (exact) mass is 240 g/mol. The van der Waals surface area contributed by atoms with Crippen LogP contribution >= 0.6 is 0 Å². The average Bonchev–Trinajstić information content (AvgIpc) is 2.89. The van der Waals surface area contributed by atoms with Gasteiger partial charge in [0.15, 0.2) is 5.52 Å². The maximum Gasteiger partial charge on any atom is 0.274 e. The first-order valence-corrected chi connectivity index (χ1v) is 5.28. The Bertz CT molecular complexity index is 693. The molecule has 3 aromatic rings. The second kappa shape index (κ2) is 4.25. The van der Waals surface area contributed by atoms with Crippen LogP contribution in [0, 0.1) is 0 Å². The summed E-state index contributed by atoms with van der Waals surface area (Å²) in [5.41, 5.74) is 1.99. The fraction of sp³-hybridized carbons (Fsp3) is 0. The van der Waals surface area contributed by atoms with Crippen LogP contribution < -0.4 is 5.32 Å². The van der Waals surface area contributed by atoms with Gasteiger partial charge in [-0.05, 0) is 34.6 Å². The standard InChI is InChI=1S/C12H8N4O2/c17-12(10-4-1-2-7-13-10)14-8-5-3-6-9-11(8)16-18-15-9/h1-7H,(H,14,17). The molecule has 0 atom stereocenters. The second-order valence-corrected chi connectivity index (χ2v) is 3.61. The molecule has 0 saturated heterocycles. The van der Waals surface area contributed by atoms with Crippen molar-refractivity contribution in [1.82, 2.24) is 15.3 Å². The van der Waals surface area contributed by atoms with Gasteiger partial charge in [-0.1, -0.05) is 12.1 Å². The van der Waals surface area contributed by atoms with Crippen LogP contribution in [0.5, 0.6) is 0 Å². The van der Waals surface area contributed by atoms with Gasteiger partial charge < -0.3 is 5.32 Å². The summed E-state index contributed by atoms with van der Waals surface area (Å²) in [6, 6.07) is 10.4. The molecule has 0 unspecified atom stereocenters. The summed E-state index contributed by atoms with van der Waals surface area (Å²) in [4.78, 5) is 15.9. The van der Waals surface area contributed by atoms with E-state index < -0.39 is 0 Å². The molecule has 0 radical (unpaired) electrons. The third kappa shape index (κ3) is 1.80. The lowest BCUT2D eigenvalue weighted by Gasteiger charge is -2.03. The maximum absolute atomic E-state index is 11.9. The van der Waals surface area contributed by atoms with Crippen LogP contribution in [0.2, 0.25) is 0 Å². The molecule has 0 aliphatic carbocycles. The van der Waals surface area contributed by atoms with Crippen molar-refractivity contribution in [2.24, 2.45) is 0 Å². The van der Waals surface area contributed by atoms with E-state index in [9.17, 15) is 4.79 Å². The van der Waals surface area contributed by atoms with Gasteiger partial charge in [0.2, 0.25) is 0 Å². The van der Waals surface area contributed by atoms with Crippen molar-refractivity contribution in [3.8, 4) is 0 Å². The van der Waals surface area contributed by atoms with E-state index in [0.717, 1.165) is 0 Å². The number of fused-ring (bicyclic) bond motifs is 1. The Morgan fingerprint density at radius 3 is 2.89 bits per heavy atom. The highest BCUT2D eigenvalue weighted by Gasteiger charge is 2.11. The average molecular weight is 240 g/mol. The SMILES string of the molecule is O=C(Nc1cccc2nonc12)c1ccccn1. The van der Waals surface area contributed by atoms with Gasteiger partial charge in [-0.2, -0.15) is 0 Å². The van der Waals surface area contributed by atoms with Gasteiger partial charge in [0.1, 0.15) is 11.2 Å². The molecule has 1 N–H and O–H groups in total. The lowest BCUT2D eigenvalue weighted by molar-refractivity contribution is 0.102. The van der Waals surface area contributed by atoms with E-state index in [-0.39, 0.29) is 5.91 Å². The van der Waals surface area contributed by atoms with Gasteiger partial charge >= 0.3 is 0 Å². The number of hydrogen-bond donors (Lipinski definition) is 1. The Labute approximate surface area is 102 Å². The summed E-state index contributed by atoms with van der Waals surface area (Å²) in [6.07, 6.45) is 1.56. The molecule has 3 rings (SSSR count). The Morgan fingerprint density at radius 2 is 2.06 bits per heavy atom. The topological polar surface area (TPSA) is 80.9 Å². The van der Waals surface area contributed by atoms with Gasteiger partial charge in [-0.15, -0.1) is 0 Å². The fourth-order valence-corrected chi connectivity index (χ4v) is 1.59. The van der Waals surface area contributed by atoms with E-state index in [2.05, 4.69) is 25.2 Å². The Balaban J connectivity index is 1.93. The molecule has 0 bridgehead atoms. The van der Waals surface area contributed by atoms with Crippen LogP contribution in [-0.4, -0.2) is 21.2 Å². The van der Waals surface area contributed by atoms with E-state index in [1.165, 1.54) is 0 Å². The van der Waals surface area contributed by atoms with Crippen molar-refractivity contribution >= 4 is 22.6 Å². The predicted octanol–water partition coefficient (Wildman–Crippen LogP) is 1.87. The minimum Gasteiger partial charge on any atom is -0.319 e. The van der Waals surface area contributed by atoms with E-state index in [4.69, 9.17) is 0 Å². The zero-order chi connectivity index (χ0) is 12.4. The smallest absolute Gasteiger partial charge is 0.274 e. The molecule has 2 heterocycles. The second-order valence-electron chi connectivity index (χ2n) is 3.61. The fourth-order valence-electron chi connectivity index (χ4n) is 1.59. The summed E-state index contributed by atoms with van der Waals surface area (Å²) in [6.45, 7) is 0. The molecule has 6 heteroatoms. The Hall–Kier alpha value is -2.76. The summed E-state index contributed by atoms with van der Waals surface area (Å²) >= 11 is 0. The maximum atomic E-state index is 11.9. The first kappa shape index (κ1) is 10.4. The predicted molar refractivity (Wildman–Crippen MR) is 64.0 cm³/mol. The van der Waals surface area contributed by atoms with Crippen molar-refractivity contribution in [3.05, 3.63) is 48.3 Å². The molecule has 6 nitrogen and oxygen atoms in total. The summed E-state index contributed by atoms with van der Waals surface area (Å²) in [5.74, 6) is -0.300. The summed E-state index contributed by atoms with van der Waals surface area (Å²) in [7, 11) is 0. The number of amides is 1. The van der Waals surface area contributed by atoms with E-state index in [0.29, 0.717) is 22.4 Å². The number of pyridine rings is 1. The molecule has 88 valence electrons. The third-order valence-corrected chi connectivity index (χ3v) is 2.43. The van der Waals surface area contributed by atoms with E-state index in [1.807, 2.05) is 0 Å². The van der Waals surface area contributed by atoms with Crippen LogP contribution in [0.4, 0.5) is 5.69 Å². The molecule has 1 aromatic carbocycles. The molecule has 0 fully saturated rings. The van der Waals surface area contributed by atoms with E-state index >= 15 is 0 Å². The molecule has 0 aliphatic rings. The number of carbonyl (C=O) groups excluding carboxylic acids is 1. The number of benzene rings is 1. The minimum atomic E-state index is -0.300. The number of hydrogen-bond acceptors (Lipinski definition) is 5. The van der Waals surface area contributed by atoms with Gasteiger partial charge in [-0.25, -0.2) is 4.63 Å². The largest absolute Gasteiger partial charge is 0.319 e. The number of nitrogens with zero attached hydrogens (tertiary/aromatic N) is 3. The Kier molecular flexibility index (Phi) is 2.45. The zero-order valence-corrected chi connectivity index (χ0v) is 9.20. The summed E-state index contributed by atoms with van der Waals surface area (Å²) < 4.78 is 4.63. The van der Waals surface area contributed by atoms with Crippen LogP contribution in [0.15, 0.2) is 47.2 Å². The van der Waals surface area contributed by atoms with Crippen molar-refractivity contribution in [1.29, 1.82) is 0 Å². The molecule has 0 saturated carbocycles. The lowest BCUT2D eigenvalue weighted by Crippen LogP contribution is -2.13. The van der Waals surface area contributed by atoms with Crippen molar-refractivity contribution < 1.29 is 9.42 Å². The zero-order valence-electron chi connectivity index (χ0n) is 9.20. The Morgan fingerprint density at radius 1 is 1.11 bits per heavy atom. The highest BCUT2D eigenvalue weighted by atomic mass is 16.6. The number of nitrogens with one attached hydrogen (secondary N) is 1. The van der Waals surface area contributed by atoms with Crippen LogP contribution in [0.25, 0.3) is 11.0 Å². The first-order chi connectivity index (χ1) is 8.84. The number of aromatic nitrogens is 3. The number of carbonyl (C=O) groups is 1. The third-order valence-electron chi connectivity index (χ3n) is 2.43. The van der Waals surface area contributed by atoms with Gasteiger partial charge in [0.05, 0.1) is 5.69 Å². The molecule has 0 spiro atoms.